The number of carbonyl (C=O) groups is 1. The minimum absolute atomic E-state index is 0.253. The molecule has 0 fully saturated rings. The van der Waals surface area contributed by atoms with Crippen molar-refractivity contribution in [3.05, 3.63) is 62.8 Å². The van der Waals surface area contributed by atoms with Gasteiger partial charge in [-0.15, -0.1) is 0 Å². The molecule has 0 heterocycles. The van der Waals surface area contributed by atoms with E-state index >= 15 is 0 Å². The van der Waals surface area contributed by atoms with Gasteiger partial charge in [0.2, 0.25) is 0 Å². The van der Waals surface area contributed by atoms with Crippen LogP contribution in [-0.2, 0) is 0 Å². The topological polar surface area (TPSA) is 43.1 Å². The number of nitrogens with two attached hydrogens (primary N) is 1. The molecule has 0 saturated carbocycles. The van der Waals surface area contributed by atoms with Crippen molar-refractivity contribution in [3.8, 4) is 0 Å². The van der Waals surface area contributed by atoms with Crippen LogP contribution >= 0.6 is 27.5 Å². The average molecular weight is 329 g/mol. The van der Waals surface area contributed by atoms with E-state index in [1.54, 1.807) is 18.2 Å². The lowest BCUT2D eigenvalue weighted by molar-refractivity contribution is 0.103. The fourth-order valence-corrected chi connectivity index (χ4v) is 2.17. The third-order valence-corrected chi connectivity index (χ3v) is 3.17. The molecule has 0 amide bonds. The summed E-state index contributed by atoms with van der Waals surface area (Å²) in [5.41, 5.74) is 6.58. The Labute approximate surface area is 117 Å². The fraction of sp³-hybridized carbons (Fsp3) is 0. The van der Waals surface area contributed by atoms with Crippen molar-refractivity contribution in [1.82, 2.24) is 0 Å². The molecule has 2 aromatic carbocycles. The van der Waals surface area contributed by atoms with Gasteiger partial charge in [-0.2, -0.15) is 0 Å². The summed E-state index contributed by atoms with van der Waals surface area (Å²) in [6.07, 6.45) is 0. The summed E-state index contributed by atoms with van der Waals surface area (Å²) in [4.78, 5) is 12.1. The SMILES string of the molecule is Nc1ccc(C(=O)c2cc(F)cc(Br)c2)cc1Cl. The lowest BCUT2D eigenvalue weighted by Crippen LogP contribution is -2.02. The van der Waals surface area contributed by atoms with E-state index in [4.69, 9.17) is 17.3 Å². The Morgan fingerprint density at radius 2 is 1.89 bits per heavy atom. The standard InChI is InChI=1S/C13H8BrClFNO/c14-9-3-8(4-10(16)6-9)13(18)7-1-2-12(17)11(15)5-7/h1-6H,17H2. The largest absolute Gasteiger partial charge is 0.398 e. The highest BCUT2D eigenvalue weighted by Gasteiger charge is 2.12. The molecule has 0 atom stereocenters. The maximum Gasteiger partial charge on any atom is 0.193 e. The van der Waals surface area contributed by atoms with E-state index in [-0.39, 0.29) is 11.3 Å². The molecule has 2 rings (SSSR count). The van der Waals surface area contributed by atoms with Crippen molar-refractivity contribution in [2.24, 2.45) is 0 Å². The number of anilines is 1. The van der Waals surface area contributed by atoms with E-state index in [1.165, 1.54) is 18.2 Å². The molecule has 0 radical (unpaired) electrons. The Morgan fingerprint density at radius 3 is 2.50 bits per heavy atom. The van der Waals surface area contributed by atoms with Crippen LogP contribution in [0.5, 0.6) is 0 Å². The van der Waals surface area contributed by atoms with E-state index in [2.05, 4.69) is 15.9 Å². The van der Waals surface area contributed by atoms with Crippen LogP contribution < -0.4 is 5.73 Å². The molecule has 0 bridgehead atoms. The highest BCUT2D eigenvalue weighted by atomic mass is 79.9. The Balaban J connectivity index is 2.44. The molecular formula is C13H8BrClFNO. The minimum Gasteiger partial charge on any atom is -0.398 e. The van der Waals surface area contributed by atoms with Crippen LogP contribution in [0.2, 0.25) is 5.02 Å². The quantitative estimate of drug-likeness (QED) is 0.667. The number of hydrogen-bond acceptors (Lipinski definition) is 2. The average Bonchev–Trinajstić information content (AvgIpc) is 2.30. The van der Waals surface area contributed by atoms with Gasteiger partial charge in [0.1, 0.15) is 5.82 Å². The molecule has 2 nitrogen and oxygen atoms in total. The first-order chi connectivity index (χ1) is 8.47. The van der Waals surface area contributed by atoms with E-state index in [9.17, 15) is 9.18 Å². The molecule has 0 spiro atoms. The van der Waals surface area contributed by atoms with Crippen LogP contribution in [-0.4, -0.2) is 5.78 Å². The number of benzene rings is 2. The molecule has 92 valence electrons. The van der Waals surface area contributed by atoms with Crippen LogP contribution in [0.25, 0.3) is 0 Å². The van der Waals surface area contributed by atoms with Crippen molar-refractivity contribution >= 4 is 39.0 Å². The second-order valence-electron chi connectivity index (χ2n) is 3.72. The molecule has 0 aromatic heterocycles. The fourth-order valence-electron chi connectivity index (χ4n) is 1.52. The van der Waals surface area contributed by atoms with Crippen LogP contribution in [0.1, 0.15) is 15.9 Å². The summed E-state index contributed by atoms with van der Waals surface area (Å²) in [6, 6.07) is 8.59. The summed E-state index contributed by atoms with van der Waals surface area (Å²) in [6.45, 7) is 0. The second-order valence-corrected chi connectivity index (χ2v) is 5.05. The Kier molecular flexibility index (Phi) is 3.68. The molecule has 18 heavy (non-hydrogen) atoms. The van der Waals surface area contributed by atoms with Crippen molar-refractivity contribution in [3.63, 3.8) is 0 Å². The summed E-state index contributed by atoms with van der Waals surface area (Å²) in [7, 11) is 0. The normalized spacial score (nSPS) is 10.4. The minimum atomic E-state index is -0.478. The van der Waals surface area contributed by atoms with Gasteiger partial charge < -0.3 is 5.73 Å². The molecule has 0 saturated heterocycles. The Bertz CT molecular complexity index is 610. The number of halogens is 3. The monoisotopic (exact) mass is 327 g/mol. The van der Waals surface area contributed by atoms with E-state index in [0.717, 1.165) is 0 Å². The zero-order valence-electron chi connectivity index (χ0n) is 9.08. The number of carbonyl (C=O) groups excluding carboxylic acids is 1. The highest BCUT2D eigenvalue weighted by molar-refractivity contribution is 9.10. The lowest BCUT2D eigenvalue weighted by atomic mass is 10.0. The second kappa shape index (κ2) is 5.08. The molecule has 0 aliphatic carbocycles. The first kappa shape index (κ1) is 13.1. The molecule has 2 N–H and O–H groups in total. The van der Waals surface area contributed by atoms with Gasteiger partial charge in [-0.25, -0.2) is 4.39 Å². The molecule has 0 aliphatic rings. The number of nitrogen functional groups attached to an aromatic ring is 1. The maximum atomic E-state index is 13.2. The van der Waals surface area contributed by atoms with Gasteiger partial charge in [0.05, 0.1) is 10.7 Å². The van der Waals surface area contributed by atoms with Crippen LogP contribution in [0.3, 0.4) is 0 Å². The highest BCUT2D eigenvalue weighted by Crippen LogP contribution is 2.23. The molecule has 0 unspecified atom stereocenters. The maximum absolute atomic E-state index is 13.2. The van der Waals surface area contributed by atoms with E-state index < -0.39 is 5.82 Å². The number of ketones is 1. The van der Waals surface area contributed by atoms with Gasteiger partial charge in [0.25, 0.3) is 0 Å². The van der Waals surface area contributed by atoms with Crippen molar-refractivity contribution in [2.45, 2.75) is 0 Å². The van der Waals surface area contributed by atoms with Crippen molar-refractivity contribution < 1.29 is 9.18 Å². The first-order valence-corrected chi connectivity index (χ1v) is 6.20. The van der Waals surface area contributed by atoms with Crippen LogP contribution in [0.4, 0.5) is 10.1 Å². The smallest absolute Gasteiger partial charge is 0.193 e. The van der Waals surface area contributed by atoms with Gasteiger partial charge in [0, 0.05) is 15.6 Å². The van der Waals surface area contributed by atoms with Crippen molar-refractivity contribution in [1.29, 1.82) is 0 Å². The summed E-state index contributed by atoms with van der Waals surface area (Å²) >= 11 is 8.99. The van der Waals surface area contributed by atoms with Crippen LogP contribution in [0, 0.1) is 5.82 Å². The summed E-state index contributed by atoms with van der Waals surface area (Å²) in [5, 5.41) is 0.302. The lowest BCUT2D eigenvalue weighted by Gasteiger charge is -2.04. The molecule has 2 aromatic rings. The third kappa shape index (κ3) is 2.71. The number of hydrogen-bond donors (Lipinski definition) is 1. The first-order valence-electron chi connectivity index (χ1n) is 5.03. The predicted octanol–water partition coefficient (Wildman–Crippen LogP) is 4.05. The Hall–Kier alpha value is -1.39. The van der Waals surface area contributed by atoms with Crippen LogP contribution in [0.15, 0.2) is 40.9 Å². The zero-order valence-corrected chi connectivity index (χ0v) is 11.4. The van der Waals surface area contributed by atoms with Crippen molar-refractivity contribution in [2.75, 3.05) is 5.73 Å². The van der Waals surface area contributed by atoms with Gasteiger partial charge >= 0.3 is 0 Å². The molecular weight excluding hydrogens is 321 g/mol. The van der Waals surface area contributed by atoms with Gasteiger partial charge in [-0.05, 0) is 36.4 Å². The van der Waals surface area contributed by atoms with E-state index in [0.29, 0.717) is 20.7 Å². The summed E-state index contributed by atoms with van der Waals surface area (Å²) < 4.78 is 13.7. The Morgan fingerprint density at radius 1 is 1.17 bits per heavy atom. The zero-order chi connectivity index (χ0) is 13.3. The predicted molar refractivity (Wildman–Crippen MR) is 73.4 cm³/mol. The molecule has 5 heteroatoms. The van der Waals surface area contributed by atoms with E-state index in [1.807, 2.05) is 0 Å². The van der Waals surface area contributed by atoms with Gasteiger partial charge in [0.15, 0.2) is 5.78 Å². The summed E-state index contributed by atoms with van der Waals surface area (Å²) in [5.74, 6) is -0.786. The van der Waals surface area contributed by atoms with Gasteiger partial charge in [-0.3, -0.25) is 4.79 Å². The van der Waals surface area contributed by atoms with Gasteiger partial charge in [-0.1, -0.05) is 27.5 Å². The third-order valence-electron chi connectivity index (χ3n) is 2.39. The molecule has 0 aliphatic heterocycles. The number of rotatable bonds is 2.